The maximum absolute atomic E-state index is 5.39. The minimum Gasteiger partial charge on any atom is -0.378 e. The second kappa shape index (κ2) is 6.81. The molecule has 1 aliphatic heterocycles. The third kappa shape index (κ3) is 3.04. The summed E-state index contributed by atoms with van der Waals surface area (Å²) in [5.74, 6) is 0.763. The van der Waals surface area contributed by atoms with Crippen LogP contribution >= 0.6 is 0 Å². The van der Waals surface area contributed by atoms with Crippen molar-refractivity contribution in [1.82, 2.24) is 19.5 Å². The van der Waals surface area contributed by atoms with Crippen molar-refractivity contribution in [3.05, 3.63) is 67.3 Å². The van der Waals surface area contributed by atoms with Crippen LogP contribution in [0.15, 0.2) is 67.3 Å². The Hall–Kier alpha value is -3.25. The molecule has 0 N–H and O–H groups in total. The number of nitrogens with zero attached hydrogens (tertiary/aromatic N) is 5. The standard InChI is InChI=1S/C21H19N5O/c1-2-7-20-19(6-1)24-15-26(20)18-5-3-4-16(12-18)17-13-22-21(23-14-17)25-8-10-27-11-9-25/h1-7,12-15H,8-11H2. The zero-order valence-electron chi connectivity index (χ0n) is 14.8. The van der Waals surface area contributed by atoms with Gasteiger partial charge in [-0.25, -0.2) is 15.0 Å². The number of para-hydroxylation sites is 2. The number of anilines is 1. The number of ether oxygens (including phenoxy) is 1. The van der Waals surface area contributed by atoms with Crippen LogP contribution in [-0.2, 0) is 4.74 Å². The zero-order chi connectivity index (χ0) is 18.1. The Labute approximate surface area is 157 Å². The molecule has 0 unspecified atom stereocenters. The zero-order valence-corrected chi connectivity index (χ0v) is 14.8. The molecule has 27 heavy (non-hydrogen) atoms. The number of aromatic nitrogens is 4. The van der Waals surface area contributed by atoms with E-state index in [1.165, 1.54) is 0 Å². The maximum Gasteiger partial charge on any atom is 0.225 e. The van der Waals surface area contributed by atoms with Crippen LogP contribution in [0.2, 0.25) is 0 Å². The van der Waals surface area contributed by atoms with Crippen LogP contribution in [0, 0.1) is 0 Å². The first-order valence-electron chi connectivity index (χ1n) is 9.06. The number of benzene rings is 2. The molecule has 0 bridgehead atoms. The molecule has 0 aliphatic carbocycles. The fourth-order valence-corrected chi connectivity index (χ4v) is 3.40. The molecule has 134 valence electrons. The summed E-state index contributed by atoms with van der Waals surface area (Å²) in [6.45, 7) is 3.13. The summed E-state index contributed by atoms with van der Waals surface area (Å²) in [7, 11) is 0. The topological polar surface area (TPSA) is 56.1 Å². The van der Waals surface area contributed by atoms with Gasteiger partial charge in [-0.2, -0.15) is 0 Å². The van der Waals surface area contributed by atoms with Gasteiger partial charge in [-0.3, -0.25) is 4.57 Å². The summed E-state index contributed by atoms with van der Waals surface area (Å²) in [4.78, 5) is 15.8. The summed E-state index contributed by atoms with van der Waals surface area (Å²) in [5, 5.41) is 0. The van der Waals surface area contributed by atoms with Gasteiger partial charge in [0.25, 0.3) is 0 Å². The minimum absolute atomic E-state index is 0.728. The van der Waals surface area contributed by atoms with E-state index in [2.05, 4.69) is 54.8 Å². The van der Waals surface area contributed by atoms with Crippen LogP contribution in [0.5, 0.6) is 0 Å². The summed E-state index contributed by atoms with van der Waals surface area (Å²) in [5.41, 5.74) is 5.23. The Morgan fingerprint density at radius 1 is 0.815 bits per heavy atom. The number of rotatable bonds is 3. The first kappa shape index (κ1) is 16.0. The number of hydrogen-bond acceptors (Lipinski definition) is 5. The van der Waals surface area contributed by atoms with Gasteiger partial charge in [-0.15, -0.1) is 0 Å². The number of hydrogen-bond donors (Lipinski definition) is 0. The Morgan fingerprint density at radius 2 is 1.63 bits per heavy atom. The third-order valence-corrected chi connectivity index (χ3v) is 4.84. The SMILES string of the molecule is c1cc(-c2cnc(N3CCOCC3)nc2)cc(-n2cnc3ccccc32)c1. The van der Waals surface area contributed by atoms with Crippen molar-refractivity contribution in [2.24, 2.45) is 0 Å². The lowest BCUT2D eigenvalue weighted by molar-refractivity contribution is 0.122. The van der Waals surface area contributed by atoms with Crippen LogP contribution in [0.1, 0.15) is 0 Å². The quantitative estimate of drug-likeness (QED) is 0.563. The monoisotopic (exact) mass is 357 g/mol. The molecule has 1 aliphatic rings. The number of morpholine rings is 1. The highest BCUT2D eigenvalue weighted by Gasteiger charge is 2.13. The predicted octanol–water partition coefficient (Wildman–Crippen LogP) is 3.32. The molecular formula is C21H19N5O. The Kier molecular flexibility index (Phi) is 4.03. The van der Waals surface area contributed by atoms with Crippen LogP contribution in [0.4, 0.5) is 5.95 Å². The van der Waals surface area contributed by atoms with Gasteiger partial charge >= 0.3 is 0 Å². The van der Waals surface area contributed by atoms with Crippen LogP contribution in [0.25, 0.3) is 27.8 Å². The first-order chi connectivity index (χ1) is 13.4. The van der Waals surface area contributed by atoms with E-state index in [1.54, 1.807) is 0 Å². The fourth-order valence-electron chi connectivity index (χ4n) is 3.40. The van der Waals surface area contributed by atoms with Gasteiger partial charge in [0.2, 0.25) is 5.95 Å². The van der Waals surface area contributed by atoms with Crippen LogP contribution < -0.4 is 4.90 Å². The molecule has 2 aromatic heterocycles. The first-order valence-corrected chi connectivity index (χ1v) is 9.06. The molecule has 3 heterocycles. The molecular weight excluding hydrogens is 338 g/mol. The molecule has 0 saturated carbocycles. The summed E-state index contributed by atoms with van der Waals surface area (Å²) in [6, 6.07) is 16.5. The molecule has 1 fully saturated rings. The van der Waals surface area contributed by atoms with Crippen molar-refractivity contribution in [3.63, 3.8) is 0 Å². The largest absolute Gasteiger partial charge is 0.378 e. The second-order valence-corrected chi connectivity index (χ2v) is 6.52. The maximum atomic E-state index is 5.39. The van der Waals surface area contributed by atoms with Gasteiger partial charge in [0.05, 0.1) is 24.2 Å². The summed E-state index contributed by atoms with van der Waals surface area (Å²) < 4.78 is 7.49. The van der Waals surface area contributed by atoms with Gasteiger partial charge in [-0.1, -0.05) is 24.3 Å². The molecule has 0 amide bonds. The van der Waals surface area contributed by atoms with Gasteiger partial charge in [0.1, 0.15) is 6.33 Å². The van der Waals surface area contributed by atoms with E-state index in [-0.39, 0.29) is 0 Å². The van der Waals surface area contributed by atoms with E-state index in [9.17, 15) is 0 Å². The smallest absolute Gasteiger partial charge is 0.225 e. The number of fused-ring (bicyclic) bond motifs is 1. The van der Waals surface area contributed by atoms with Gasteiger partial charge < -0.3 is 9.64 Å². The average molecular weight is 357 g/mol. The average Bonchev–Trinajstić information content (AvgIpc) is 3.19. The molecule has 6 heteroatoms. The molecule has 0 radical (unpaired) electrons. The summed E-state index contributed by atoms with van der Waals surface area (Å²) >= 11 is 0. The molecule has 1 saturated heterocycles. The highest BCUT2D eigenvalue weighted by atomic mass is 16.5. The van der Waals surface area contributed by atoms with Gasteiger partial charge in [-0.05, 0) is 29.8 Å². The van der Waals surface area contributed by atoms with Crippen molar-refractivity contribution in [3.8, 4) is 16.8 Å². The third-order valence-electron chi connectivity index (χ3n) is 4.84. The highest BCUT2D eigenvalue weighted by molar-refractivity contribution is 5.78. The fraction of sp³-hybridized carbons (Fsp3) is 0.190. The van der Waals surface area contributed by atoms with E-state index in [0.29, 0.717) is 0 Å². The second-order valence-electron chi connectivity index (χ2n) is 6.52. The van der Waals surface area contributed by atoms with Gasteiger partial charge in [0.15, 0.2) is 0 Å². The number of imidazole rings is 1. The van der Waals surface area contributed by atoms with Crippen LogP contribution in [-0.4, -0.2) is 45.8 Å². The summed E-state index contributed by atoms with van der Waals surface area (Å²) in [6.07, 6.45) is 5.65. The lowest BCUT2D eigenvalue weighted by Gasteiger charge is -2.26. The normalized spacial score (nSPS) is 14.6. The Bertz CT molecular complexity index is 1070. The molecule has 5 rings (SSSR count). The van der Waals surface area contributed by atoms with E-state index >= 15 is 0 Å². The molecule has 0 atom stereocenters. The lowest BCUT2D eigenvalue weighted by atomic mass is 10.1. The van der Waals surface area contributed by atoms with E-state index in [1.807, 2.05) is 36.9 Å². The molecule has 2 aromatic carbocycles. The van der Waals surface area contributed by atoms with Crippen molar-refractivity contribution in [2.75, 3.05) is 31.2 Å². The molecule has 0 spiro atoms. The molecule has 4 aromatic rings. The van der Waals surface area contributed by atoms with Crippen molar-refractivity contribution in [2.45, 2.75) is 0 Å². The van der Waals surface area contributed by atoms with E-state index in [4.69, 9.17) is 4.74 Å². The van der Waals surface area contributed by atoms with Crippen LogP contribution in [0.3, 0.4) is 0 Å². The van der Waals surface area contributed by atoms with Crippen molar-refractivity contribution < 1.29 is 4.74 Å². The Morgan fingerprint density at radius 3 is 2.48 bits per heavy atom. The van der Waals surface area contributed by atoms with Crippen molar-refractivity contribution in [1.29, 1.82) is 0 Å². The Balaban J connectivity index is 1.47. The van der Waals surface area contributed by atoms with Gasteiger partial charge in [0, 0.05) is 36.7 Å². The van der Waals surface area contributed by atoms with E-state index in [0.717, 1.165) is 60.1 Å². The molecule has 6 nitrogen and oxygen atoms in total. The minimum atomic E-state index is 0.728. The predicted molar refractivity (Wildman–Crippen MR) is 105 cm³/mol. The lowest BCUT2D eigenvalue weighted by Crippen LogP contribution is -2.37. The highest BCUT2D eigenvalue weighted by Crippen LogP contribution is 2.24. The van der Waals surface area contributed by atoms with E-state index < -0.39 is 0 Å². The van der Waals surface area contributed by atoms with Crippen molar-refractivity contribution >= 4 is 17.0 Å².